The van der Waals surface area contributed by atoms with Gasteiger partial charge < -0.3 is 15.2 Å². The van der Waals surface area contributed by atoms with Crippen LogP contribution < -0.4 is 10.1 Å². The van der Waals surface area contributed by atoms with Crippen LogP contribution in [-0.2, 0) is 6.18 Å². The summed E-state index contributed by atoms with van der Waals surface area (Å²) in [4.78, 5) is 18.3. The fourth-order valence-corrected chi connectivity index (χ4v) is 2.03. The van der Waals surface area contributed by atoms with E-state index >= 15 is 0 Å². The highest BCUT2D eigenvalue weighted by atomic mass is 19.4. The number of ether oxygens (including phenoxy) is 1. The number of aromatic carboxylic acids is 1. The molecule has 2 rings (SSSR count). The molecule has 134 valence electrons. The first kappa shape index (κ1) is 18.5. The van der Waals surface area contributed by atoms with Crippen molar-refractivity contribution in [1.29, 1.82) is 0 Å². The molecule has 25 heavy (non-hydrogen) atoms. The lowest BCUT2D eigenvalue weighted by atomic mass is 10.1. The zero-order chi connectivity index (χ0) is 18.8. The molecule has 1 aromatic heterocycles. The Hall–Kier alpha value is -2.84. The van der Waals surface area contributed by atoms with Crippen molar-refractivity contribution in [3.8, 4) is 6.01 Å². The second-order valence-corrected chi connectivity index (χ2v) is 5.55. The smallest absolute Gasteiger partial charge is 0.433 e. The van der Waals surface area contributed by atoms with E-state index < -0.39 is 30.0 Å². The Labute approximate surface area is 141 Å². The van der Waals surface area contributed by atoms with Gasteiger partial charge in [-0.25, -0.2) is 4.79 Å². The molecule has 9 heteroatoms. The van der Waals surface area contributed by atoms with Crippen molar-refractivity contribution in [3.05, 3.63) is 41.1 Å². The number of halogens is 3. The molecule has 1 heterocycles. The third-order valence-electron chi connectivity index (χ3n) is 3.07. The molecular weight excluding hydrogens is 339 g/mol. The second-order valence-electron chi connectivity index (χ2n) is 5.55. The molecule has 0 amide bonds. The predicted octanol–water partition coefficient (Wildman–Crippen LogP) is 4.03. The van der Waals surface area contributed by atoms with E-state index in [2.05, 4.69) is 15.3 Å². The lowest BCUT2D eigenvalue weighted by Crippen LogP contribution is -2.14. The molecule has 0 fully saturated rings. The van der Waals surface area contributed by atoms with Crippen LogP contribution in [0.3, 0.4) is 0 Å². The Morgan fingerprint density at radius 2 is 1.92 bits per heavy atom. The summed E-state index contributed by atoms with van der Waals surface area (Å²) < 4.78 is 44.1. The highest BCUT2D eigenvalue weighted by molar-refractivity contribution is 5.90. The molecule has 1 aromatic carbocycles. The topological polar surface area (TPSA) is 84.3 Å². The van der Waals surface area contributed by atoms with Crippen LogP contribution in [0.2, 0.25) is 0 Å². The summed E-state index contributed by atoms with van der Waals surface area (Å²) in [5, 5.41) is 11.7. The number of benzene rings is 1. The van der Waals surface area contributed by atoms with Crippen molar-refractivity contribution in [2.24, 2.45) is 0 Å². The maximum atomic E-state index is 13.0. The first-order valence-corrected chi connectivity index (χ1v) is 7.30. The number of carboxylic acid groups (broad SMARTS) is 1. The van der Waals surface area contributed by atoms with E-state index in [1.165, 1.54) is 18.2 Å². The third kappa shape index (κ3) is 4.82. The summed E-state index contributed by atoms with van der Waals surface area (Å²) >= 11 is 0. The number of alkyl halides is 3. The standard InChI is InChI=1S/C16H16F3N3O3/c1-8(2)25-15-21-12(16(17,18)19)7-13(22-15)20-10-4-5-11(14(23)24)9(3)6-10/h4-8H,1-3H3,(H,23,24)(H,20,21,22). The van der Waals surface area contributed by atoms with Crippen LogP contribution in [0.4, 0.5) is 24.7 Å². The van der Waals surface area contributed by atoms with Gasteiger partial charge in [-0.05, 0) is 44.5 Å². The number of hydrogen-bond acceptors (Lipinski definition) is 5. The SMILES string of the molecule is Cc1cc(Nc2cc(C(F)(F)F)nc(OC(C)C)n2)ccc1C(=O)O. The average molecular weight is 355 g/mol. The van der Waals surface area contributed by atoms with Crippen molar-refractivity contribution in [2.75, 3.05) is 5.32 Å². The number of carboxylic acids is 1. The van der Waals surface area contributed by atoms with E-state index in [-0.39, 0.29) is 11.4 Å². The number of hydrogen-bond donors (Lipinski definition) is 2. The van der Waals surface area contributed by atoms with Crippen LogP contribution in [0.1, 0.15) is 35.5 Å². The number of anilines is 2. The predicted molar refractivity (Wildman–Crippen MR) is 84.2 cm³/mol. The molecule has 0 radical (unpaired) electrons. The van der Waals surface area contributed by atoms with E-state index in [1.807, 2.05) is 0 Å². The zero-order valence-corrected chi connectivity index (χ0v) is 13.7. The van der Waals surface area contributed by atoms with Gasteiger partial charge in [0.25, 0.3) is 0 Å². The minimum Gasteiger partial charge on any atom is -0.478 e. The highest BCUT2D eigenvalue weighted by Gasteiger charge is 2.34. The van der Waals surface area contributed by atoms with Crippen molar-refractivity contribution in [1.82, 2.24) is 9.97 Å². The molecule has 0 aliphatic carbocycles. The van der Waals surface area contributed by atoms with E-state index in [4.69, 9.17) is 9.84 Å². The van der Waals surface area contributed by atoms with Gasteiger partial charge in [-0.1, -0.05) is 0 Å². The normalized spacial score (nSPS) is 11.5. The molecule has 2 aromatic rings. The summed E-state index contributed by atoms with van der Waals surface area (Å²) in [6.07, 6.45) is -5.05. The molecule has 2 N–H and O–H groups in total. The van der Waals surface area contributed by atoms with Crippen LogP contribution in [0, 0.1) is 6.92 Å². The van der Waals surface area contributed by atoms with Crippen molar-refractivity contribution in [2.45, 2.75) is 33.1 Å². The van der Waals surface area contributed by atoms with Crippen LogP contribution in [0.5, 0.6) is 6.01 Å². The fraction of sp³-hybridized carbons (Fsp3) is 0.312. The lowest BCUT2D eigenvalue weighted by molar-refractivity contribution is -0.141. The Balaban J connectivity index is 2.38. The van der Waals surface area contributed by atoms with Crippen molar-refractivity contribution in [3.63, 3.8) is 0 Å². The van der Waals surface area contributed by atoms with Crippen LogP contribution >= 0.6 is 0 Å². The molecule has 0 spiro atoms. The Bertz CT molecular complexity index is 792. The van der Waals surface area contributed by atoms with Gasteiger partial charge in [-0.2, -0.15) is 23.1 Å². The second kappa shape index (κ2) is 6.96. The van der Waals surface area contributed by atoms with E-state index in [9.17, 15) is 18.0 Å². The number of rotatable bonds is 5. The first-order valence-electron chi connectivity index (χ1n) is 7.30. The zero-order valence-electron chi connectivity index (χ0n) is 13.7. The molecule has 6 nitrogen and oxygen atoms in total. The Kier molecular flexibility index (Phi) is 5.15. The number of nitrogens with one attached hydrogen (secondary N) is 1. The summed E-state index contributed by atoms with van der Waals surface area (Å²) in [5.41, 5.74) is -0.182. The van der Waals surface area contributed by atoms with Crippen molar-refractivity contribution >= 4 is 17.5 Å². The van der Waals surface area contributed by atoms with Gasteiger partial charge in [0, 0.05) is 11.8 Å². The van der Waals surface area contributed by atoms with Crippen LogP contribution in [0.25, 0.3) is 0 Å². The first-order chi connectivity index (χ1) is 11.6. The number of carbonyl (C=O) groups is 1. The van der Waals surface area contributed by atoms with Gasteiger partial charge >= 0.3 is 18.2 Å². The maximum Gasteiger partial charge on any atom is 0.433 e. The summed E-state index contributed by atoms with van der Waals surface area (Å²) in [6.45, 7) is 4.87. The average Bonchev–Trinajstić information content (AvgIpc) is 2.44. The third-order valence-corrected chi connectivity index (χ3v) is 3.07. The maximum absolute atomic E-state index is 13.0. The summed E-state index contributed by atoms with van der Waals surface area (Å²) in [7, 11) is 0. The Morgan fingerprint density at radius 1 is 1.24 bits per heavy atom. The van der Waals surface area contributed by atoms with Gasteiger partial charge in [0.2, 0.25) is 0 Å². The van der Waals surface area contributed by atoms with Gasteiger partial charge in [0.05, 0.1) is 11.7 Å². The minimum absolute atomic E-state index is 0.105. The van der Waals surface area contributed by atoms with Gasteiger partial charge in [0.1, 0.15) is 5.82 Å². The molecule has 0 saturated carbocycles. The molecule has 0 bridgehead atoms. The van der Waals surface area contributed by atoms with Gasteiger partial charge in [-0.15, -0.1) is 0 Å². The number of nitrogens with zero attached hydrogens (tertiary/aromatic N) is 2. The van der Waals surface area contributed by atoms with E-state index in [1.54, 1.807) is 20.8 Å². The minimum atomic E-state index is -4.66. The Morgan fingerprint density at radius 3 is 2.44 bits per heavy atom. The van der Waals surface area contributed by atoms with Gasteiger partial charge in [-0.3, -0.25) is 0 Å². The molecular formula is C16H16F3N3O3. The number of aryl methyl sites for hydroxylation is 1. The summed E-state index contributed by atoms with van der Waals surface area (Å²) in [5.74, 6) is -1.20. The van der Waals surface area contributed by atoms with E-state index in [0.29, 0.717) is 11.3 Å². The number of aromatic nitrogens is 2. The quantitative estimate of drug-likeness (QED) is 0.842. The fourth-order valence-electron chi connectivity index (χ4n) is 2.03. The van der Waals surface area contributed by atoms with Crippen molar-refractivity contribution < 1.29 is 27.8 Å². The van der Waals surface area contributed by atoms with E-state index in [0.717, 1.165) is 6.07 Å². The van der Waals surface area contributed by atoms with Crippen LogP contribution in [0.15, 0.2) is 24.3 Å². The van der Waals surface area contributed by atoms with Crippen LogP contribution in [-0.4, -0.2) is 27.1 Å². The molecule has 0 unspecified atom stereocenters. The summed E-state index contributed by atoms with van der Waals surface area (Å²) in [6, 6.07) is 4.66. The molecule has 0 atom stereocenters. The molecule has 0 aliphatic heterocycles. The highest BCUT2D eigenvalue weighted by Crippen LogP contribution is 2.31. The largest absolute Gasteiger partial charge is 0.478 e. The molecule has 0 saturated heterocycles. The lowest BCUT2D eigenvalue weighted by Gasteiger charge is -2.14. The monoisotopic (exact) mass is 355 g/mol. The molecule has 0 aliphatic rings. The van der Waals surface area contributed by atoms with Gasteiger partial charge in [0.15, 0.2) is 5.69 Å².